The molecule has 0 radical (unpaired) electrons. The highest BCUT2D eigenvalue weighted by Crippen LogP contribution is 2.06. The van der Waals surface area contributed by atoms with Crippen LogP contribution in [0, 0.1) is 0 Å². The SMILES string of the molecule is CC(N)CCNc1nc[nH]c(=O)c1N. The predicted octanol–water partition coefficient (Wildman–Crippen LogP) is -0.499. The number of anilines is 2. The normalized spacial score (nSPS) is 12.4. The maximum atomic E-state index is 11.1. The standard InChI is InChI=1S/C8H15N5O/c1-5(9)2-3-11-7-6(10)8(14)13-4-12-7/h4-5H,2-3,9-10H2,1H3,(H2,11,12,13,14). The predicted molar refractivity (Wildman–Crippen MR) is 56.0 cm³/mol. The van der Waals surface area contributed by atoms with Crippen LogP contribution in [0.25, 0.3) is 0 Å². The first-order valence-corrected chi connectivity index (χ1v) is 4.44. The highest BCUT2D eigenvalue weighted by molar-refractivity contribution is 5.58. The van der Waals surface area contributed by atoms with Crippen LogP contribution in [-0.2, 0) is 0 Å². The molecule has 1 aromatic heterocycles. The first kappa shape index (κ1) is 10.5. The number of rotatable bonds is 4. The summed E-state index contributed by atoms with van der Waals surface area (Å²) in [6.07, 6.45) is 2.11. The number of hydrogen-bond acceptors (Lipinski definition) is 5. The lowest BCUT2D eigenvalue weighted by atomic mass is 10.2. The molecule has 0 amide bonds. The average molecular weight is 197 g/mol. The van der Waals surface area contributed by atoms with Gasteiger partial charge in [-0.3, -0.25) is 4.79 Å². The second-order valence-electron chi connectivity index (χ2n) is 3.19. The Labute approximate surface area is 81.7 Å². The highest BCUT2D eigenvalue weighted by Gasteiger charge is 2.03. The molecule has 0 saturated carbocycles. The third kappa shape index (κ3) is 2.74. The Bertz CT molecular complexity index is 346. The Morgan fingerprint density at radius 1 is 1.71 bits per heavy atom. The van der Waals surface area contributed by atoms with Crippen molar-refractivity contribution >= 4 is 11.5 Å². The first-order chi connectivity index (χ1) is 6.61. The first-order valence-electron chi connectivity index (χ1n) is 4.44. The number of nitrogen functional groups attached to an aromatic ring is 1. The molecular weight excluding hydrogens is 182 g/mol. The van der Waals surface area contributed by atoms with Crippen molar-refractivity contribution in [3.8, 4) is 0 Å². The summed E-state index contributed by atoms with van der Waals surface area (Å²) in [6.45, 7) is 2.56. The van der Waals surface area contributed by atoms with Gasteiger partial charge >= 0.3 is 0 Å². The molecule has 1 aromatic rings. The van der Waals surface area contributed by atoms with Crippen molar-refractivity contribution in [2.24, 2.45) is 5.73 Å². The van der Waals surface area contributed by atoms with E-state index in [0.29, 0.717) is 12.4 Å². The number of aromatic nitrogens is 2. The minimum absolute atomic E-state index is 0.108. The lowest BCUT2D eigenvalue weighted by Crippen LogP contribution is -2.21. The molecule has 1 rings (SSSR count). The Hall–Kier alpha value is -1.56. The van der Waals surface area contributed by atoms with Crippen molar-refractivity contribution in [3.63, 3.8) is 0 Å². The van der Waals surface area contributed by atoms with E-state index in [1.165, 1.54) is 6.33 Å². The maximum Gasteiger partial charge on any atom is 0.276 e. The molecule has 0 aliphatic heterocycles. The third-order valence-corrected chi connectivity index (χ3v) is 1.78. The van der Waals surface area contributed by atoms with Crippen molar-refractivity contribution in [2.75, 3.05) is 17.6 Å². The molecule has 1 heterocycles. The van der Waals surface area contributed by atoms with Gasteiger partial charge in [-0.1, -0.05) is 0 Å². The molecule has 6 N–H and O–H groups in total. The summed E-state index contributed by atoms with van der Waals surface area (Å²) in [7, 11) is 0. The van der Waals surface area contributed by atoms with E-state index < -0.39 is 0 Å². The van der Waals surface area contributed by atoms with E-state index in [1.54, 1.807) is 0 Å². The van der Waals surface area contributed by atoms with Crippen LogP contribution >= 0.6 is 0 Å². The van der Waals surface area contributed by atoms with Gasteiger partial charge in [0.1, 0.15) is 5.69 Å². The fourth-order valence-electron chi connectivity index (χ4n) is 0.969. The third-order valence-electron chi connectivity index (χ3n) is 1.78. The van der Waals surface area contributed by atoms with Crippen molar-refractivity contribution < 1.29 is 0 Å². The molecule has 1 atom stereocenters. The van der Waals surface area contributed by atoms with Gasteiger partial charge in [0.05, 0.1) is 6.33 Å². The Kier molecular flexibility index (Phi) is 3.47. The molecule has 0 aliphatic rings. The van der Waals surface area contributed by atoms with Crippen molar-refractivity contribution in [3.05, 3.63) is 16.7 Å². The Morgan fingerprint density at radius 2 is 2.43 bits per heavy atom. The summed E-state index contributed by atoms with van der Waals surface area (Å²) in [5.74, 6) is 0.411. The van der Waals surface area contributed by atoms with Crippen LogP contribution in [0.2, 0.25) is 0 Å². The number of aromatic amines is 1. The molecule has 1 unspecified atom stereocenters. The Balaban J connectivity index is 2.59. The summed E-state index contributed by atoms with van der Waals surface area (Å²) in [5, 5.41) is 2.95. The summed E-state index contributed by atoms with van der Waals surface area (Å²) in [4.78, 5) is 17.3. The molecule has 14 heavy (non-hydrogen) atoms. The Morgan fingerprint density at radius 3 is 3.07 bits per heavy atom. The zero-order valence-electron chi connectivity index (χ0n) is 8.08. The van der Waals surface area contributed by atoms with E-state index in [4.69, 9.17) is 11.5 Å². The largest absolute Gasteiger partial charge is 0.391 e. The molecule has 0 fully saturated rings. The molecule has 0 aliphatic carbocycles. The van der Waals surface area contributed by atoms with Crippen LogP contribution in [0.15, 0.2) is 11.1 Å². The average Bonchev–Trinajstić information content (AvgIpc) is 2.12. The van der Waals surface area contributed by atoms with Gasteiger partial charge in [0, 0.05) is 12.6 Å². The second kappa shape index (κ2) is 4.61. The van der Waals surface area contributed by atoms with Gasteiger partial charge in [0.15, 0.2) is 5.82 Å². The van der Waals surface area contributed by atoms with E-state index in [2.05, 4.69) is 15.3 Å². The quantitative estimate of drug-likeness (QED) is 0.520. The smallest absolute Gasteiger partial charge is 0.276 e. The molecule has 6 heteroatoms. The fraction of sp³-hybridized carbons (Fsp3) is 0.500. The van der Waals surface area contributed by atoms with Crippen LogP contribution in [0.1, 0.15) is 13.3 Å². The van der Waals surface area contributed by atoms with Crippen molar-refractivity contribution in [2.45, 2.75) is 19.4 Å². The molecule has 0 saturated heterocycles. The number of H-pyrrole nitrogens is 1. The summed E-state index contributed by atoms with van der Waals surface area (Å²) in [5.41, 5.74) is 10.8. The van der Waals surface area contributed by atoms with Gasteiger partial charge in [-0.05, 0) is 13.3 Å². The van der Waals surface area contributed by atoms with Gasteiger partial charge in [-0.25, -0.2) is 4.98 Å². The highest BCUT2D eigenvalue weighted by atomic mass is 16.1. The lowest BCUT2D eigenvalue weighted by molar-refractivity contribution is 0.689. The maximum absolute atomic E-state index is 11.1. The fourth-order valence-corrected chi connectivity index (χ4v) is 0.969. The minimum Gasteiger partial charge on any atom is -0.391 e. The molecular formula is C8H15N5O. The van der Waals surface area contributed by atoms with E-state index in [-0.39, 0.29) is 17.3 Å². The van der Waals surface area contributed by atoms with E-state index in [9.17, 15) is 4.79 Å². The number of nitrogens with two attached hydrogens (primary N) is 2. The molecule has 0 bridgehead atoms. The van der Waals surface area contributed by atoms with Crippen molar-refractivity contribution in [1.82, 2.24) is 9.97 Å². The van der Waals surface area contributed by atoms with Gasteiger partial charge in [0.2, 0.25) is 0 Å². The molecule has 0 spiro atoms. The van der Waals surface area contributed by atoms with E-state index >= 15 is 0 Å². The van der Waals surface area contributed by atoms with Crippen molar-refractivity contribution in [1.29, 1.82) is 0 Å². The summed E-state index contributed by atoms with van der Waals surface area (Å²) >= 11 is 0. The number of nitrogens with zero attached hydrogens (tertiary/aromatic N) is 1. The molecule has 6 nitrogen and oxygen atoms in total. The van der Waals surface area contributed by atoms with Crippen LogP contribution < -0.4 is 22.3 Å². The second-order valence-corrected chi connectivity index (χ2v) is 3.19. The monoisotopic (exact) mass is 197 g/mol. The molecule has 0 aromatic carbocycles. The summed E-state index contributed by atoms with van der Waals surface area (Å²) in [6, 6.07) is 0.116. The summed E-state index contributed by atoms with van der Waals surface area (Å²) < 4.78 is 0. The zero-order valence-corrected chi connectivity index (χ0v) is 8.08. The van der Waals surface area contributed by atoms with Gasteiger partial charge in [0.25, 0.3) is 5.56 Å². The van der Waals surface area contributed by atoms with Crippen LogP contribution in [0.5, 0.6) is 0 Å². The van der Waals surface area contributed by atoms with Gasteiger partial charge < -0.3 is 21.8 Å². The zero-order chi connectivity index (χ0) is 10.6. The van der Waals surface area contributed by atoms with Gasteiger partial charge in [-0.15, -0.1) is 0 Å². The molecule has 78 valence electrons. The van der Waals surface area contributed by atoms with Crippen LogP contribution in [0.4, 0.5) is 11.5 Å². The van der Waals surface area contributed by atoms with E-state index in [1.807, 2.05) is 6.92 Å². The van der Waals surface area contributed by atoms with Crippen LogP contribution in [-0.4, -0.2) is 22.6 Å². The minimum atomic E-state index is -0.330. The lowest BCUT2D eigenvalue weighted by Gasteiger charge is -2.08. The topological polar surface area (TPSA) is 110 Å². The van der Waals surface area contributed by atoms with Gasteiger partial charge in [-0.2, -0.15) is 0 Å². The number of hydrogen-bond donors (Lipinski definition) is 4. The number of nitrogens with one attached hydrogen (secondary N) is 2. The van der Waals surface area contributed by atoms with Crippen LogP contribution in [0.3, 0.4) is 0 Å². The van der Waals surface area contributed by atoms with E-state index in [0.717, 1.165) is 6.42 Å².